The molecule has 1 atom stereocenters. The Hall–Kier alpha value is -2.28. The summed E-state index contributed by atoms with van der Waals surface area (Å²) >= 11 is 0. The molecular weight excluding hydrogens is 321 g/mol. The van der Waals surface area contributed by atoms with Crippen molar-refractivity contribution in [3.05, 3.63) is 59.2 Å². The molecule has 0 spiro atoms. The van der Waals surface area contributed by atoms with Gasteiger partial charge in [-0.05, 0) is 31.2 Å². The highest BCUT2D eigenvalue weighted by Crippen LogP contribution is 2.50. The smallest absolute Gasteiger partial charge is 0.386 e. The third-order valence-electron chi connectivity index (χ3n) is 4.31. The second-order valence-electron chi connectivity index (χ2n) is 6.09. The number of ketones is 1. The van der Waals surface area contributed by atoms with Crippen LogP contribution in [0.4, 0.5) is 13.2 Å². The maximum absolute atomic E-state index is 13.1. The third kappa shape index (κ3) is 2.80. The molecule has 7 heteroatoms. The monoisotopic (exact) mass is 336 g/mol. The van der Waals surface area contributed by atoms with Crippen LogP contribution in [-0.4, -0.2) is 20.9 Å². The van der Waals surface area contributed by atoms with Gasteiger partial charge in [-0.25, -0.2) is 0 Å². The summed E-state index contributed by atoms with van der Waals surface area (Å²) in [6.07, 6.45) is -4.35. The molecular formula is C17H15F3N2O2. The molecule has 1 fully saturated rings. The number of carbonyl (C=O) groups excluding carboxylic acids is 1. The Kier molecular flexibility index (Phi) is 3.91. The molecule has 0 radical (unpaired) electrons. The van der Waals surface area contributed by atoms with E-state index in [0.717, 1.165) is 12.1 Å². The van der Waals surface area contributed by atoms with Gasteiger partial charge in [-0.2, -0.15) is 13.2 Å². The van der Waals surface area contributed by atoms with Crippen molar-refractivity contribution in [3.8, 4) is 0 Å². The van der Waals surface area contributed by atoms with Gasteiger partial charge in [0.05, 0.1) is 22.4 Å². The molecule has 1 aliphatic rings. The molecule has 4 nitrogen and oxygen atoms in total. The lowest BCUT2D eigenvalue weighted by Gasteiger charge is -2.43. The van der Waals surface area contributed by atoms with Gasteiger partial charge in [-0.15, -0.1) is 0 Å². The number of aryl methyl sites for hydroxylation is 1. The molecule has 2 heterocycles. The van der Waals surface area contributed by atoms with Gasteiger partial charge in [-0.1, -0.05) is 6.07 Å². The molecule has 0 aromatic carbocycles. The number of Topliss-reactive ketones (excluding diaryl/α,β-unsaturated/α-hetero) is 1. The molecule has 24 heavy (non-hydrogen) atoms. The van der Waals surface area contributed by atoms with E-state index >= 15 is 0 Å². The van der Waals surface area contributed by atoms with Crippen LogP contribution in [0.25, 0.3) is 0 Å². The number of pyridine rings is 2. The van der Waals surface area contributed by atoms with E-state index in [1.807, 2.05) is 0 Å². The molecule has 126 valence electrons. The van der Waals surface area contributed by atoms with Crippen molar-refractivity contribution in [1.29, 1.82) is 0 Å². The first-order valence-electron chi connectivity index (χ1n) is 7.39. The third-order valence-corrected chi connectivity index (χ3v) is 4.31. The highest BCUT2D eigenvalue weighted by atomic mass is 19.4. The van der Waals surface area contributed by atoms with Crippen molar-refractivity contribution in [2.24, 2.45) is 0 Å². The van der Waals surface area contributed by atoms with Crippen LogP contribution in [0, 0.1) is 6.92 Å². The van der Waals surface area contributed by atoms with Crippen LogP contribution in [0.15, 0.2) is 36.5 Å². The number of alkyl halides is 3. The number of aliphatic hydroxyl groups is 1. The average Bonchev–Trinajstić information content (AvgIpc) is 2.50. The van der Waals surface area contributed by atoms with E-state index in [4.69, 9.17) is 0 Å². The Morgan fingerprint density at radius 2 is 1.96 bits per heavy atom. The summed E-state index contributed by atoms with van der Waals surface area (Å²) in [5, 5.41) is 10.7. The summed E-state index contributed by atoms with van der Waals surface area (Å²) in [6, 6.07) is 6.79. The van der Waals surface area contributed by atoms with Crippen molar-refractivity contribution in [3.63, 3.8) is 0 Å². The van der Waals surface area contributed by atoms with Crippen molar-refractivity contribution in [1.82, 2.24) is 9.97 Å². The van der Waals surface area contributed by atoms with E-state index in [1.54, 1.807) is 18.2 Å². The highest BCUT2D eigenvalue weighted by molar-refractivity contribution is 5.88. The molecule has 1 aliphatic carbocycles. The van der Waals surface area contributed by atoms with Crippen molar-refractivity contribution < 1.29 is 23.1 Å². The Bertz CT molecular complexity index is 767. The number of aromatic nitrogens is 2. The summed E-state index contributed by atoms with van der Waals surface area (Å²) in [7, 11) is 0. The largest absolute Gasteiger partial charge is 0.416 e. The van der Waals surface area contributed by atoms with Gasteiger partial charge in [0.15, 0.2) is 0 Å². The molecule has 0 saturated heterocycles. The number of halogens is 3. The normalized spacial score (nSPS) is 18.1. The fourth-order valence-corrected chi connectivity index (χ4v) is 3.07. The van der Waals surface area contributed by atoms with Gasteiger partial charge in [0.2, 0.25) is 0 Å². The van der Waals surface area contributed by atoms with E-state index in [-0.39, 0.29) is 30.0 Å². The Labute approximate surface area is 136 Å². The van der Waals surface area contributed by atoms with E-state index in [2.05, 4.69) is 9.97 Å². The molecule has 0 amide bonds. The second-order valence-corrected chi connectivity index (χ2v) is 6.09. The van der Waals surface area contributed by atoms with Crippen LogP contribution >= 0.6 is 0 Å². The average molecular weight is 336 g/mol. The fraction of sp³-hybridized carbons (Fsp3) is 0.353. The lowest BCUT2D eigenvalue weighted by molar-refractivity contribution is -0.138. The van der Waals surface area contributed by atoms with Crippen LogP contribution < -0.4 is 0 Å². The maximum atomic E-state index is 13.1. The number of nitrogens with zero attached hydrogens (tertiary/aromatic N) is 2. The summed E-state index contributed by atoms with van der Waals surface area (Å²) < 4.78 is 39.3. The van der Waals surface area contributed by atoms with Crippen molar-refractivity contribution in [2.45, 2.75) is 37.5 Å². The van der Waals surface area contributed by atoms with Gasteiger partial charge in [0.25, 0.3) is 0 Å². The predicted molar refractivity (Wildman–Crippen MR) is 79.1 cm³/mol. The Balaban J connectivity index is 2.09. The topological polar surface area (TPSA) is 63.1 Å². The zero-order valence-electron chi connectivity index (χ0n) is 12.8. The molecule has 1 saturated carbocycles. The first kappa shape index (κ1) is 16.6. The van der Waals surface area contributed by atoms with Gasteiger partial charge >= 0.3 is 6.18 Å². The number of hydrogen-bond donors (Lipinski definition) is 1. The molecule has 0 unspecified atom stereocenters. The number of carbonyl (C=O) groups is 1. The molecule has 3 rings (SSSR count). The van der Waals surface area contributed by atoms with E-state index in [1.165, 1.54) is 13.1 Å². The molecule has 0 bridgehead atoms. The lowest BCUT2D eigenvalue weighted by atomic mass is 9.61. The van der Waals surface area contributed by atoms with E-state index < -0.39 is 23.3 Å². The first-order valence-corrected chi connectivity index (χ1v) is 7.39. The summed E-state index contributed by atoms with van der Waals surface area (Å²) in [4.78, 5) is 19.9. The SMILES string of the molecule is Cc1cc(C(F)(F)F)cc(C2([C@@H](O)c3ccccn3)CC(=O)C2)n1. The van der Waals surface area contributed by atoms with E-state index in [0.29, 0.717) is 5.69 Å². The van der Waals surface area contributed by atoms with Crippen LogP contribution in [0.1, 0.15) is 41.6 Å². The summed E-state index contributed by atoms with van der Waals surface area (Å²) in [6.45, 7) is 1.46. The minimum atomic E-state index is -4.52. The summed E-state index contributed by atoms with van der Waals surface area (Å²) in [5.74, 6) is -0.123. The number of rotatable bonds is 3. The standard InChI is InChI=1S/C17H15F3N2O2/c1-10-6-11(17(18,19)20)7-14(22-10)16(8-12(23)9-16)15(24)13-4-2-3-5-21-13/h2-7,15,24H,8-9H2,1H3/t15-/m0/s1. The van der Waals surface area contributed by atoms with Gasteiger partial charge in [0, 0.05) is 24.7 Å². The molecule has 1 N–H and O–H groups in total. The molecule has 2 aromatic heterocycles. The van der Waals surface area contributed by atoms with Gasteiger partial charge in [-0.3, -0.25) is 14.8 Å². The lowest BCUT2D eigenvalue weighted by Crippen LogP contribution is -2.47. The van der Waals surface area contributed by atoms with Crippen LogP contribution in [0.5, 0.6) is 0 Å². The fourth-order valence-electron chi connectivity index (χ4n) is 3.07. The maximum Gasteiger partial charge on any atom is 0.416 e. The quantitative estimate of drug-likeness (QED) is 0.935. The second kappa shape index (κ2) is 5.66. The molecule has 2 aromatic rings. The summed E-state index contributed by atoms with van der Waals surface area (Å²) in [5.41, 5.74) is -1.43. The van der Waals surface area contributed by atoms with E-state index in [9.17, 15) is 23.1 Å². The highest BCUT2D eigenvalue weighted by Gasteiger charge is 2.53. The number of hydrogen-bond acceptors (Lipinski definition) is 4. The number of aliphatic hydroxyl groups excluding tert-OH is 1. The van der Waals surface area contributed by atoms with Crippen LogP contribution in [0.2, 0.25) is 0 Å². The van der Waals surface area contributed by atoms with Crippen LogP contribution in [-0.2, 0) is 16.4 Å². The first-order chi connectivity index (χ1) is 11.2. The zero-order chi connectivity index (χ0) is 17.5. The minimum Gasteiger partial charge on any atom is -0.386 e. The Morgan fingerprint density at radius 1 is 1.25 bits per heavy atom. The minimum absolute atomic E-state index is 0.0571. The predicted octanol–water partition coefficient (Wildman–Crippen LogP) is 3.14. The Morgan fingerprint density at radius 3 is 2.50 bits per heavy atom. The zero-order valence-corrected chi connectivity index (χ0v) is 12.8. The van der Waals surface area contributed by atoms with Crippen LogP contribution in [0.3, 0.4) is 0 Å². The van der Waals surface area contributed by atoms with Gasteiger partial charge in [0.1, 0.15) is 11.9 Å². The van der Waals surface area contributed by atoms with Gasteiger partial charge < -0.3 is 5.11 Å². The molecule has 0 aliphatic heterocycles. The van der Waals surface area contributed by atoms with Crippen molar-refractivity contribution >= 4 is 5.78 Å². The van der Waals surface area contributed by atoms with Crippen molar-refractivity contribution in [2.75, 3.05) is 0 Å².